The fraction of sp³-hybridized carbons (Fsp3) is 0.889. The summed E-state index contributed by atoms with van der Waals surface area (Å²) in [6.07, 6.45) is 0.580. The first kappa shape index (κ1) is 11.8. The second-order valence-electron chi connectivity index (χ2n) is 3.27. The molecule has 0 spiro atoms. The molecule has 1 amide bonds. The van der Waals surface area contributed by atoms with Gasteiger partial charge in [0.15, 0.2) is 0 Å². The Hall–Kier alpha value is -0.260. The first-order chi connectivity index (χ1) is 6.83. The molecule has 0 aromatic rings. The number of hydrogen-bond donors (Lipinski definition) is 2. The molecule has 2 N–H and O–H groups in total. The van der Waals surface area contributed by atoms with Crippen molar-refractivity contribution >= 4 is 17.7 Å². The summed E-state index contributed by atoms with van der Waals surface area (Å²) in [7, 11) is 1.63. The second-order valence-corrected chi connectivity index (χ2v) is 4.42. The van der Waals surface area contributed by atoms with Gasteiger partial charge in [-0.2, -0.15) is 11.8 Å². The summed E-state index contributed by atoms with van der Waals surface area (Å²) in [5, 5.41) is 6.15. The Balaban J connectivity index is 2.06. The van der Waals surface area contributed by atoms with E-state index in [1.165, 1.54) is 0 Å². The van der Waals surface area contributed by atoms with Crippen LogP contribution in [0.1, 0.15) is 6.42 Å². The van der Waals surface area contributed by atoms with Crippen molar-refractivity contribution in [3.8, 4) is 0 Å². The van der Waals surface area contributed by atoms with Crippen LogP contribution in [0.25, 0.3) is 0 Å². The molecule has 1 aliphatic heterocycles. The van der Waals surface area contributed by atoms with Crippen LogP contribution in [0.2, 0.25) is 0 Å². The lowest BCUT2D eigenvalue weighted by molar-refractivity contribution is -0.121. The van der Waals surface area contributed by atoms with Crippen LogP contribution in [-0.2, 0) is 9.53 Å². The molecule has 4 nitrogen and oxygen atoms in total. The van der Waals surface area contributed by atoms with E-state index in [0.717, 1.165) is 18.1 Å². The van der Waals surface area contributed by atoms with Crippen LogP contribution in [-0.4, -0.2) is 50.3 Å². The lowest BCUT2D eigenvalue weighted by atomic mass is 10.2. The van der Waals surface area contributed by atoms with Crippen LogP contribution >= 0.6 is 11.8 Å². The number of methoxy groups -OCH3 is 1. The molecule has 5 heteroatoms. The van der Waals surface area contributed by atoms with E-state index in [1.54, 1.807) is 7.11 Å². The Labute approximate surface area is 89.2 Å². The second kappa shape index (κ2) is 7.09. The van der Waals surface area contributed by atoms with Crippen molar-refractivity contribution in [3.05, 3.63) is 0 Å². The number of nitrogens with one attached hydrogen (secondary N) is 2. The van der Waals surface area contributed by atoms with E-state index in [2.05, 4.69) is 10.6 Å². The Bertz CT molecular complexity index is 172. The predicted molar refractivity (Wildman–Crippen MR) is 58.6 cm³/mol. The van der Waals surface area contributed by atoms with E-state index in [4.69, 9.17) is 4.74 Å². The van der Waals surface area contributed by atoms with Crippen LogP contribution in [0.4, 0.5) is 0 Å². The Kier molecular flexibility index (Phi) is 5.98. The molecule has 1 atom stereocenters. The monoisotopic (exact) mass is 218 g/mol. The highest BCUT2D eigenvalue weighted by Crippen LogP contribution is 2.09. The van der Waals surface area contributed by atoms with Gasteiger partial charge in [-0.05, 0) is 0 Å². The van der Waals surface area contributed by atoms with Crippen molar-refractivity contribution in [3.63, 3.8) is 0 Å². The molecule has 0 bridgehead atoms. The van der Waals surface area contributed by atoms with Crippen molar-refractivity contribution < 1.29 is 9.53 Å². The van der Waals surface area contributed by atoms with Crippen molar-refractivity contribution in [2.24, 2.45) is 0 Å². The number of hydrogen-bond acceptors (Lipinski definition) is 4. The van der Waals surface area contributed by atoms with Gasteiger partial charge in [0.05, 0.1) is 6.61 Å². The Morgan fingerprint density at radius 2 is 2.57 bits per heavy atom. The molecule has 14 heavy (non-hydrogen) atoms. The summed E-state index contributed by atoms with van der Waals surface area (Å²) < 4.78 is 4.85. The maximum atomic E-state index is 11.4. The molecule has 1 rings (SSSR count). The van der Waals surface area contributed by atoms with E-state index in [0.29, 0.717) is 25.6 Å². The fourth-order valence-corrected chi connectivity index (χ4v) is 2.29. The Morgan fingerprint density at radius 3 is 3.21 bits per heavy atom. The molecule has 1 heterocycles. The molecular formula is C9H18N2O2S. The van der Waals surface area contributed by atoms with Crippen molar-refractivity contribution in [2.75, 3.05) is 38.3 Å². The van der Waals surface area contributed by atoms with E-state index >= 15 is 0 Å². The third-order valence-corrected chi connectivity index (χ3v) is 3.19. The van der Waals surface area contributed by atoms with Gasteiger partial charge in [0.1, 0.15) is 0 Å². The zero-order chi connectivity index (χ0) is 10.2. The molecule has 0 saturated carbocycles. The minimum atomic E-state index is 0.113. The van der Waals surface area contributed by atoms with Gasteiger partial charge in [-0.3, -0.25) is 4.79 Å². The molecular weight excluding hydrogens is 200 g/mol. The van der Waals surface area contributed by atoms with Crippen molar-refractivity contribution in [1.29, 1.82) is 0 Å². The van der Waals surface area contributed by atoms with E-state index in [1.807, 2.05) is 11.8 Å². The highest BCUT2D eigenvalue weighted by Gasteiger charge is 2.15. The minimum Gasteiger partial charge on any atom is -0.383 e. The quantitative estimate of drug-likeness (QED) is 0.630. The topological polar surface area (TPSA) is 50.4 Å². The van der Waals surface area contributed by atoms with E-state index < -0.39 is 0 Å². The van der Waals surface area contributed by atoms with Gasteiger partial charge >= 0.3 is 0 Å². The molecule has 0 radical (unpaired) electrons. The molecule has 1 aliphatic rings. The lowest BCUT2D eigenvalue weighted by Gasteiger charge is -2.22. The Morgan fingerprint density at radius 1 is 1.71 bits per heavy atom. The fourth-order valence-electron chi connectivity index (χ4n) is 1.34. The van der Waals surface area contributed by atoms with Crippen molar-refractivity contribution in [1.82, 2.24) is 10.6 Å². The standard InChI is InChI=1S/C9H18N2O2S/c1-13-4-2-11-9(12)6-8-7-14-5-3-10-8/h8,10H,2-7H2,1H3,(H,11,12). The third kappa shape index (κ3) is 4.83. The molecule has 0 aromatic heterocycles. The number of ether oxygens (including phenoxy) is 1. The smallest absolute Gasteiger partial charge is 0.221 e. The van der Waals surface area contributed by atoms with Crippen LogP contribution in [0.15, 0.2) is 0 Å². The van der Waals surface area contributed by atoms with Gasteiger partial charge in [0.2, 0.25) is 5.91 Å². The molecule has 0 aliphatic carbocycles. The normalized spacial score (nSPS) is 21.9. The van der Waals surface area contributed by atoms with Crippen LogP contribution in [0.5, 0.6) is 0 Å². The molecule has 1 unspecified atom stereocenters. The summed E-state index contributed by atoms with van der Waals surface area (Å²) in [5.74, 6) is 2.31. The van der Waals surface area contributed by atoms with Gasteiger partial charge in [-0.15, -0.1) is 0 Å². The van der Waals surface area contributed by atoms with Gasteiger partial charge < -0.3 is 15.4 Å². The van der Waals surface area contributed by atoms with Gasteiger partial charge in [-0.1, -0.05) is 0 Å². The van der Waals surface area contributed by atoms with Crippen LogP contribution in [0, 0.1) is 0 Å². The highest BCUT2D eigenvalue weighted by atomic mass is 32.2. The van der Waals surface area contributed by atoms with E-state index in [-0.39, 0.29) is 5.91 Å². The van der Waals surface area contributed by atoms with Crippen LogP contribution < -0.4 is 10.6 Å². The molecule has 1 fully saturated rings. The number of thioether (sulfide) groups is 1. The maximum Gasteiger partial charge on any atom is 0.221 e. The summed E-state index contributed by atoms with van der Waals surface area (Å²) in [5.41, 5.74) is 0. The predicted octanol–water partition coefficient (Wildman–Crippen LogP) is -0.156. The SMILES string of the molecule is COCCNC(=O)CC1CSCCN1. The minimum absolute atomic E-state index is 0.113. The zero-order valence-corrected chi connectivity index (χ0v) is 9.36. The average molecular weight is 218 g/mol. The summed E-state index contributed by atoms with van der Waals surface area (Å²) in [6.45, 7) is 2.20. The number of rotatable bonds is 5. The largest absolute Gasteiger partial charge is 0.383 e. The summed E-state index contributed by atoms with van der Waals surface area (Å²) in [4.78, 5) is 11.4. The van der Waals surface area contributed by atoms with Gasteiger partial charge in [-0.25, -0.2) is 0 Å². The molecule has 0 aromatic carbocycles. The van der Waals surface area contributed by atoms with Gasteiger partial charge in [0, 0.05) is 44.2 Å². The number of carbonyl (C=O) groups excluding carboxylic acids is 1. The first-order valence-corrected chi connectivity index (χ1v) is 6.05. The summed E-state index contributed by atoms with van der Waals surface area (Å²) >= 11 is 1.91. The maximum absolute atomic E-state index is 11.4. The molecule has 82 valence electrons. The lowest BCUT2D eigenvalue weighted by Crippen LogP contribution is -2.41. The number of amides is 1. The first-order valence-electron chi connectivity index (χ1n) is 4.89. The third-order valence-electron chi connectivity index (χ3n) is 2.06. The summed E-state index contributed by atoms with van der Waals surface area (Å²) in [6, 6.07) is 0.344. The van der Waals surface area contributed by atoms with E-state index in [9.17, 15) is 4.79 Å². The van der Waals surface area contributed by atoms with Crippen LogP contribution in [0.3, 0.4) is 0 Å². The average Bonchev–Trinajstić information content (AvgIpc) is 2.20. The highest BCUT2D eigenvalue weighted by molar-refractivity contribution is 7.99. The number of carbonyl (C=O) groups is 1. The molecule has 1 saturated heterocycles. The zero-order valence-electron chi connectivity index (χ0n) is 8.54. The van der Waals surface area contributed by atoms with Crippen molar-refractivity contribution in [2.45, 2.75) is 12.5 Å². The van der Waals surface area contributed by atoms with Gasteiger partial charge in [0.25, 0.3) is 0 Å².